The van der Waals surface area contributed by atoms with E-state index in [1.807, 2.05) is 74.1 Å². The minimum absolute atomic E-state index is 0.0400. The molecule has 6 heteroatoms. The van der Waals surface area contributed by atoms with Gasteiger partial charge in [0.25, 0.3) is 5.91 Å². The third kappa shape index (κ3) is 2.99. The Hall–Kier alpha value is -2.31. The topological polar surface area (TPSA) is 48.3 Å². The number of benzene rings is 2. The Morgan fingerprint density at radius 1 is 1.19 bits per heavy atom. The van der Waals surface area contributed by atoms with Crippen LogP contribution in [0.15, 0.2) is 63.0 Å². The number of likely N-dealkylation sites (N-methyl/N-ethyl adjacent to an activating group) is 1. The number of amides is 1. The van der Waals surface area contributed by atoms with Crippen molar-refractivity contribution in [2.75, 3.05) is 25.5 Å². The minimum Gasteiger partial charge on any atom is -0.302 e. The Morgan fingerprint density at radius 2 is 1.96 bits per heavy atom. The van der Waals surface area contributed by atoms with Crippen LogP contribution in [0, 0.1) is 6.54 Å². The summed E-state index contributed by atoms with van der Waals surface area (Å²) in [6.45, 7) is 2.20. The number of rotatable bonds is 3. The van der Waals surface area contributed by atoms with Gasteiger partial charge in [0.1, 0.15) is 11.9 Å². The van der Waals surface area contributed by atoms with E-state index in [4.69, 9.17) is 4.99 Å². The largest absolute Gasteiger partial charge is 0.302 e. The minimum atomic E-state index is -0.495. The van der Waals surface area contributed by atoms with Crippen LogP contribution in [0.25, 0.3) is 0 Å². The zero-order valence-corrected chi connectivity index (χ0v) is 16.1. The number of amidine groups is 1. The van der Waals surface area contributed by atoms with Gasteiger partial charge in [-0.1, -0.05) is 46.3 Å². The van der Waals surface area contributed by atoms with Gasteiger partial charge in [-0.25, -0.2) is 0 Å². The standard InChI is InChI=1S/C20H18BrN4O/c1-24(2)12-16-20(26)25-17-9-8-14(21)10-15(17)19(22-11-18(25)23-16)13-6-4-3-5-7-13/h3-10,12,16H,11H2,1-2H3. The van der Waals surface area contributed by atoms with Crippen LogP contribution in [0.5, 0.6) is 0 Å². The van der Waals surface area contributed by atoms with Crippen LogP contribution in [-0.4, -0.2) is 49.0 Å². The highest BCUT2D eigenvalue weighted by molar-refractivity contribution is 9.10. The van der Waals surface area contributed by atoms with Crippen molar-refractivity contribution in [3.63, 3.8) is 0 Å². The molecule has 26 heavy (non-hydrogen) atoms. The van der Waals surface area contributed by atoms with Crippen LogP contribution < -0.4 is 4.90 Å². The summed E-state index contributed by atoms with van der Waals surface area (Å²) in [6.07, 6.45) is 0. The molecular weight excluding hydrogens is 392 g/mol. The first-order valence-electron chi connectivity index (χ1n) is 8.36. The van der Waals surface area contributed by atoms with E-state index in [0.29, 0.717) is 12.4 Å². The number of carbonyl (C=O) groups excluding carboxylic acids is 1. The lowest BCUT2D eigenvalue weighted by molar-refractivity contribution is -0.117. The molecule has 0 aliphatic carbocycles. The Bertz CT molecular complexity index is 921. The number of hydrogen-bond donors (Lipinski definition) is 0. The fourth-order valence-corrected chi connectivity index (χ4v) is 3.61. The molecule has 0 saturated carbocycles. The van der Waals surface area contributed by atoms with Gasteiger partial charge < -0.3 is 4.90 Å². The fourth-order valence-electron chi connectivity index (χ4n) is 3.25. The molecule has 2 aromatic rings. The van der Waals surface area contributed by atoms with E-state index in [1.54, 1.807) is 4.90 Å². The molecule has 1 radical (unpaired) electrons. The van der Waals surface area contributed by atoms with Gasteiger partial charge in [-0.3, -0.25) is 19.7 Å². The Labute approximate surface area is 161 Å². The monoisotopic (exact) mass is 409 g/mol. The van der Waals surface area contributed by atoms with Crippen molar-refractivity contribution in [2.45, 2.75) is 6.04 Å². The van der Waals surface area contributed by atoms with Crippen molar-refractivity contribution in [3.8, 4) is 0 Å². The Morgan fingerprint density at radius 3 is 2.69 bits per heavy atom. The number of hydrogen-bond acceptors (Lipinski definition) is 4. The van der Waals surface area contributed by atoms with Crippen molar-refractivity contribution in [3.05, 3.63) is 70.7 Å². The predicted octanol–water partition coefficient (Wildman–Crippen LogP) is 3.14. The van der Waals surface area contributed by atoms with Gasteiger partial charge in [0.15, 0.2) is 0 Å². The second-order valence-corrected chi connectivity index (χ2v) is 7.38. The molecule has 2 aliphatic rings. The van der Waals surface area contributed by atoms with E-state index in [2.05, 4.69) is 20.9 Å². The van der Waals surface area contributed by atoms with Gasteiger partial charge in [-0.05, 0) is 32.3 Å². The van der Waals surface area contributed by atoms with Crippen molar-refractivity contribution in [2.24, 2.45) is 9.98 Å². The summed E-state index contributed by atoms with van der Waals surface area (Å²) in [7, 11) is 3.79. The Kier molecular flexibility index (Phi) is 4.46. The van der Waals surface area contributed by atoms with Crippen LogP contribution in [-0.2, 0) is 4.79 Å². The first-order chi connectivity index (χ1) is 12.5. The van der Waals surface area contributed by atoms with Crippen LogP contribution in [0.4, 0.5) is 5.69 Å². The SMILES string of the molecule is CN(C)[CH]C1N=C2CN=C(c3ccccc3)c3cc(Br)ccc3N2C1=O. The first kappa shape index (κ1) is 17.1. The number of nitrogens with zero attached hydrogens (tertiary/aromatic N) is 4. The van der Waals surface area contributed by atoms with E-state index < -0.39 is 6.04 Å². The van der Waals surface area contributed by atoms with E-state index >= 15 is 0 Å². The molecule has 1 amide bonds. The van der Waals surface area contributed by atoms with Crippen LogP contribution in [0.3, 0.4) is 0 Å². The van der Waals surface area contributed by atoms with Crippen LogP contribution in [0.1, 0.15) is 11.1 Å². The molecular formula is C20H18BrN4O. The van der Waals surface area contributed by atoms with Gasteiger partial charge in [-0.15, -0.1) is 0 Å². The molecule has 131 valence electrons. The maximum absolute atomic E-state index is 13.0. The van der Waals surface area contributed by atoms with Crippen LogP contribution in [0.2, 0.25) is 0 Å². The van der Waals surface area contributed by atoms with Crippen molar-refractivity contribution >= 4 is 39.1 Å². The number of aliphatic imine (C=N–C) groups is 2. The lowest BCUT2D eigenvalue weighted by atomic mass is 10.00. The smallest absolute Gasteiger partial charge is 0.259 e. The molecule has 0 spiro atoms. The lowest BCUT2D eigenvalue weighted by Gasteiger charge is -2.21. The van der Waals surface area contributed by atoms with Gasteiger partial charge in [-0.2, -0.15) is 0 Å². The van der Waals surface area contributed by atoms with Crippen LogP contribution >= 0.6 is 15.9 Å². The van der Waals surface area contributed by atoms with Gasteiger partial charge in [0, 0.05) is 15.6 Å². The molecule has 0 aromatic heterocycles. The quantitative estimate of drug-likeness (QED) is 0.781. The number of halogens is 1. The molecule has 2 aliphatic heterocycles. The molecule has 2 aromatic carbocycles. The van der Waals surface area contributed by atoms with Crippen molar-refractivity contribution in [1.29, 1.82) is 0 Å². The average molecular weight is 410 g/mol. The molecule has 0 saturated heterocycles. The highest BCUT2D eigenvalue weighted by atomic mass is 79.9. The maximum atomic E-state index is 13.0. The molecule has 0 bridgehead atoms. The van der Waals surface area contributed by atoms with E-state index in [0.717, 1.165) is 27.0 Å². The predicted molar refractivity (Wildman–Crippen MR) is 108 cm³/mol. The summed E-state index contributed by atoms with van der Waals surface area (Å²) in [5, 5.41) is 0. The van der Waals surface area contributed by atoms with Gasteiger partial charge in [0.2, 0.25) is 0 Å². The third-order valence-corrected chi connectivity index (χ3v) is 4.83. The van der Waals surface area contributed by atoms with E-state index in [1.165, 1.54) is 0 Å². The zero-order chi connectivity index (χ0) is 18.3. The molecule has 0 N–H and O–H groups in total. The number of anilines is 1. The lowest BCUT2D eigenvalue weighted by Crippen LogP contribution is -2.37. The molecule has 4 rings (SSSR count). The molecule has 0 fully saturated rings. The van der Waals surface area contributed by atoms with E-state index in [9.17, 15) is 4.79 Å². The van der Waals surface area contributed by atoms with Crippen molar-refractivity contribution < 1.29 is 4.79 Å². The summed E-state index contributed by atoms with van der Waals surface area (Å²) in [6, 6.07) is 15.5. The second kappa shape index (κ2) is 6.78. The highest BCUT2D eigenvalue weighted by Gasteiger charge is 2.38. The number of carbonyl (C=O) groups is 1. The zero-order valence-electron chi connectivity index (χ0n) is 14.6. The van der Waals surface area contributed by atoms with E-state index in [-0.39, 0.29) is 5.91 Å². The molecule has 1 atom stereocenters. The summed E-state index contributed by atoms with van der Waals surface area (Å²) in [5.74, 6) is 0.648. The van der Waals surface area contributed by atoms with Crippen molar-refractivity contribution in [1.82, 2.24) is 4.90 Å². The second-order valence-electron chi connectivity index (χ2n) is 6.47. The molecule has 1 unspecified atom stereocenters. The summed E-state index contributed by atoms with van der Waals surface area (Å²) in [4.78, 5) is 26.0. The number of fused-ring (bicyclic) bond motifs is 3. The Balaban J connectivity index is 1.85. The summed E-state index contributed by atoms with van der Waals surface area (Å²) < 4.78 is 0.948. The first-order valence-corrected chi connectivity index (χ1v) is 9.16. The van der Waals surface area contributed by atoms with Gasteiger partial charge >= 0.3 is 0 Å². The molecule has 2 heterocycles. The van der Waals surface area contributed by atoms with Gasteiger partial charge in [0.05, 0.1) is 24.5 Å². The third-order valence-electron chi connectivity index (χ3n) is 4.34. The summed E-state index contributed by atoms with van der Waals surface area (Å²) >= 11 is 3.55. The summed E-state index contributed by atoms with van der Waals surface area (Å²) in [5.41, 5.74) is 3.65. The highest BCUT2D eigenvalue weighted by Crippen LogP contribution is 2.33. The molecule has 5 nitrogen and oxygen atoms in total. The normalized spacial score (nSPS) is 19.0. The fraction of sp³-hybridized carbons (Fsp3) is 0.200. The maximum Gasteiger partial charge on any atom is 0.259 e. The average Bonchev–Trinajstić information content (AvgIpc) is 2.82.